The Bertz CT molecular complexity index is 1480. The molecule has 0 fully saturated rings. The standard InChI is InChI=1S/C24H23BrN2O5S2/c1-6-32-23(29)20-13(3)26-24-27(22(28)19(34-24)11-18-12(2)7-8-33-18)21(20)14-9-16(30-4)17(31-5)10-15(14)25/h7-11,21H,6H2,1-5H3/b19-11-/t21-/m0/s1. The molecule has 3 aromatic rings. The van der Waals surface area contributed by atoms with Crippen molar-refractivity contribution < 1.29 is 19.0 Å². The molecule has 2 aromatic heterocycles. The van der Waals surface area contributed by atoms with Crippen LogP contribution in [0, 0.1) is 6.92 Å². The lowest BCUT2D eigenvalue weighted by Gasteiger charge is -2.26. The van der Waals surface area contributed by atoms with Crippen LogP contribution in [0.15, 0.2) is 49.1 Å². The highest BCUT2D eigenvalue weighted by Crippen LogP contribution is 2.40. The second kappa shape index (κ2) is 9.89. The Morgan fingerprint density at radius 3 is 2.56 bits per heavy atom. The van der Waals surface area contributed by atoms with Crippen LogP contribution in [0.5, 0.6) is 11.5 Å². The minimum atomic E-state index is -0.754. The second-order valence-corrected chi connectivity index (χ2v) is 10.3. The molecular weight excluding hydrogens is 540 g/mol. The molecule has 1 aliphatic rings. The zero-order chi connectivity index (χ0) is 24.6. The number of nitrogens with zero attached hydrogens (tertiary/aromatic N) is 2. The summed E-state index contributed by atoms with van der Waals surface area (Å²) in [4.78, 5) is 32.9. The summed E-state index contributed by atoms with van der Waals surface area (Å²) in [5.74, 6) is 0.491. The largest absolute Gasteiger partial charge is 0.493 e. The van der Waals surface area contributed by atoms with E-state index in [0.717, 1.165) is 10.4 Å². The van der Waals surface area contributed by atoms with E-state index in [9.17, 15) is 9.59 Å². The molecular formula is C24H23BrN2O5S2. The summed E-state index contributed by atoms with van der Waals surface area (Å²) in [5.41, 5.74) is 2.34. The molecule has 4 rings (SSSR count). The number of aromatic nitrogens is 1. The van der Waals surface area contributed by atoms with Crippen LogP contribution >= 0.6 is 38.6 Å². The number of thiazole rings is 1. The molecule has 178 valence electrons. The number of hydrogen-bond donors (Lipinski definition) is 0. The van der Waals surface area contributed by atoms with E-state index in [1.807, 2.05) is 24.4 Å². The molecule has 0 radical (unpaired) electrons. The predicted octanol–water partition coefficient (Wildman–Crippen LogP) is 3.95. The summed E-state index contributed by atoms with van der Waals surface area (Å²) >= 11 is 6.47. The van der Waals surface area contributed by atoms with Gasteiger partial charge in [-0.2, -0.15) is 0 Å². The third kappa shape index (κ3) is 4.25. The number of methoxy groups -OCH3 is 2. The lowest BCUT2D eigenvalue weighted by Crippen LogP contribution is -2.40. The van der Waals surface area contributed by atoms with Crippen LogP contribution < -0.4 is 24.4 Å². The van der Waals surface area contributed by atoms with Crippen LogP contribution in [0.3, 0.4) is 0 Å². The van der Waals surface area contributed by atoms with Crippen molar-refractivity contribution in [2.75, 3.05) is 20.8 Å². The van der Waals surface area contributed by atoms with Gasteiger partial charge < -0.3 is 14.2 Å². The third-order valence-corrected chi connectivity index (χ3v) is 8.11. The van der Waals surface area contributed by atoms with Crippen molar-refractivity contribution in [3.05, 3.63) is 75.0 Å². The predicted molar refractivity (Wildman–Crippen MR) is 137 cm³/mol. The van der Waals surface area contributed by atoms with Gasteiger partial charge in [0.25, 0.3) is 5.56 Å². The van der Waals surface area contributed by atoms with Crippen molar-refractivity contribution >= 4 is 50.6 Å². The van der Waals surface area contributed by atoms with Crippen LogP contribution in [0.25, 0.3) is 6.08 Å². The van der Waals surface area contributed by atoms with Gasteiger partial charge in [-0.15, -0.1) is 11.3 Å². The van der Waals surface area contributed by atoms with E-state index in [4.69, 9.17) is 14.2 Å². The Labute approximate surface area is 212 Å². The lowest BCUT2D eigenvalue weighted by molar-refractivity contribution is -0.139. The Kier molecular flexibility index (Phi) is 7.11. The molecule has 7 nitrogen and oxygen atoms in total. The van der Waals surface area contributed by atoms with E-state index in [1.54, 1.807) is 49.0 Å². The number of aryl methyl sites for hydroxylation is 1. The molecule has 0 bridgehead atoms. The maximum Gasteiger partial charge on any atom is 0.338 e. The van der Waals surface area contributed by atoms with Gasteiger partial charge in [0, 0.05) is 9.35 Å². The Morgan fingerprint density at radius 2 is 1.94 bits per heavy atom. The molecule has 0 spiro atoms. The first-order chi connectivity index (χ1) is 16.3. The molecule has 0 saturated heterocycles. The van der Waals surface area contributed by atoms with E-state index < -0.39 is 12.0 Å². The van der Waals surface area contributed by atoms with Crippen molar-refractivity contribution in [1.82, 2.24) is 4.57 Å². The van der Waals surface area contributed by atoms with Crippen molar-refractivity contribution in [3.63, 3.8) is 0 Å². The number of fused-ring (bicyclic) bond motifs is 1. The fourth-order valence-corrected chi connectivity index (χ4v) is 6.32. The number of carbonyl (C=O) groups is 1. The van der Waals surface area contributed by atoms with Crippen molar-refractivity contribution in [2.24, 2.45) is 4.99 Å². The molecule has 1 aliphatic heterocycles. The quantitative estimate of drug-likeness (QED) is 0.425. The highest BCUT2D eigenvalue weighted by Gasteiger charge is 2.35. The number of hydrogen-bond acceptors (Lipinski definition) is 8. The van der Waals surface area contributed by atoms with Crippen molar-refractivity contribution in [1.29, 1.82) is 0 Å². The molecule has 0 saturated carbocycles. The minimum absolute atomic E-state index is 0.206. The third-order valence-electron chi connectivity index (χ3n) is 5.48. The van der Waals surface area contributed by atoms with Gasteiger partial charge in [-0.1, -0.05) is 27.3 Å². The highest BCUT2D eigenvalue weighted by atomic mass is 79.9. The van der Waals surface area contributed by atoms with Crippen LogP contribution in [0.4, 0.5) is 0 Å². The molecule has 0 aliphatic carbocycles. The van der Waals surface area contributed by atoms with Gasteiger partial charge in [-0.3, -0.25) is 9.36 Å². The normalized spacial score (nSPS) is 15.7. The topological polar surface area (TPSA) is 79.1 Å². The average molecular weight is 563 g/mol. The molecule has 0 unspecified atom stereocenters. The van der Waals surface area contributed by atoms with E-state index in [0.29, 0.717) is 42.1 Å². The van der Waals surface area contributed by atoms with Gasteiger partial charge in [-0.05, 0) is 61.6 Å². The molecule has 34 heavy (non-hydrogen) atoms. The van der Waals surface area contributed by atoms with Gasteiger partial charge in [-0.25, -0.2) is 9.79 Å². The number of halogens is 1. The van der Waals surface area contributed by atoms with Crippen LogP contribution in [-0.2, 0) is 9.53 Å². The van der Waals surface area contributed by atoms with Gasteiger partial charge in [0.05, 0.1) is 42.7 Å². The van der Waals surface area contributed by atoms with Gasteiger partial charge in [0.15, 0.2) is 16.3 Å². The number of allylic oxidation sites excluding steroid dienone is 1. The smallest absolute Gasteiger partial charge is 0.338 e. The number of benzene rings is 1. The number of rotatable bonds is 6. The van der Waals surface area contributed by atoms with Gasteiger partial charge in [0.2, 0.25) is 0 Å². The van der Waals surface area contributed by atoms with Gasteiger partial charge >= 0.3 is 5.97 Å². The minimum Gasteiger partial charge on any atom is -0.493 e. The first-order valence-corrected chi connectivity index (χ1v) is 12.9. The maximum atomic E-state index is 13.7. The molecule has 0 amide bonds. The number of carbonyl (C=O) groups excluding carboxylic acids is 1. The second-order valence-electron chi connectivity index (χ2n) is 7.50. The summed E-state index contributed by atoms with van der Waals surface area (Å²) < 4.78 is 19.1. The first kappa shape index (κ1) is 24.4. The van der Waals surface area contributed by atoms with Crippen LogP contribution in [0.2, 0.25) is 0 Å². The molecule has 1 atom stereocenters. The number of esters is 1. The van der Waals surface area contributed by atoms with E-state index in [1.165, 1.54) is 18.4 Å². The maximum absolute atomic E-state index is 13.7. The fourth-order valence-electron chi connectivity index (χ4n) is 3.82. The van der Waals surface area contributed by atoms with E-state index in [2.05, 4.69) is 20.9 Å². The molecule has 10 heteroatoms. The Hall–Kier alpha value is -2.69. The SMILES string of the molecule is CCOC(=O)C1=C(C)N=c2s/c(=C\c3sccc3C)c(=O)n2[C@H]1c1cc(OC)c(OC)cc1Br. The zero-order valence-corrected chi connectivity index (χ0v) is 22.5. The summed E-state index contributed by atoms with van der Waals surface area (Å²) in [5, 5.41) is 1.99. The summed E-state index contributed by atoms with van der Waals surface area (Å²) in [6, 6.07) is 4.79. The van der Waals surface area contributed by atoms with Gasteiger partial charge in [0.1, 0.15) is 0 Å². The average Bonchev–Trinajstić information content (AvgIpc) is 3.35. The molecule has 3 heterocycles. The monoisotopic (exact) mass is 562 g/mol. The van der Waals surface area contributed by atoms with Crippen molar-refractivity contribution in [3.8, 4) is 11.5 Å². The molecule has 0 N–H and O–H groups in total. The number of thiophene rings is 1. The Balaban J connectivity index is 2.03. The van der Waals surface area contributed by atoms with E-state index >= 15 is 0 Å². The summed E-state index contributed by atoms with van der Waals surface area (Å²) in [6.07, 6.45) is 1.88. The molecule has 1 aromatic carbocycles. The fraction of sp³-hybridized carbons (Fsp3) is 0.292. The summed E-state index contributed by atoms with van der Waals surface area (Å²) in [6.45, 7) is 5.71. The zero-order valence-electron chi connectivity index (χ0n) is 19.3. The van der Waals surface area contributed by atoms with Crippen molar-refractivity contribution in [2.45, 2.75) is 26.8 Å². The van der Waals surface area contributed by atoms with Crippen LogP contribution in [0.1, 0.15) is 35.9 Å². The Morgan fingerprint density at radius 1 is 1.24 bits per heavy atom. The number of ether oxygens (including phenoxy) is 3. The lowest BCUT2D eigenvalue weighted by atomic mass is 9.95. The first-order valence-electron chi connectivity index (χ1n) is 10.5. The highest BCUT2D eigenvalue weighted by molar-refractivity contribution is 9.10. The summed E-state index contributed by atoms with van der Waals surface area (Å²) in [7, 11) is 3.09. The van der Waals surface area contributed by atoms with E-state index in [-0.39, 0.29) is 12.2 Å². The van der Waals surface area contributed by atoms with Crippen LogP contribution in [-0.4, -0.2) is 31.4 Å².